The molecule has 1 amide bonds. The van der Waals surface area contributed by atoms with Gasteiger partial charge in [-0.25, -0.2) is 0 Å². The lowest BCUT2D eigenvalue weighted by Crippen LogP contribution is -2.55. The van der Waals surface area contributed by atoms with E-state index in [1.165, 1.54) is 32.5 Å². The molecule has 1 unspecified atom stereocenters. The molecule has 0 aliphatic carbocycles. The van der Waals surface area contributed by atoms with Gasteiger partial charge in [-0.2, -0.15) is 5.10 Å². The predicted octanol–water partition coefficient (Wildman–Crippen LogP) is 0.906. The van der Waals surface area contributed by atoms with E-state index in [1.807, 2.05) is 16.9 Å². The Hall–Kier alpha value is -1.40. The van der Waals surface area contributed by atoms with Crippen molar-refractivity contribution in [2.24, 2.45) is 5.92 Å². The van der Waals surface area contributed by atoms with Gasteiger partial charge in [0.15, 0.2) is 0 Å². The van der Waals surface area contributed by atoms with Crippen LogP contribution >= 0.6 is 0 Å². The summed E-state index contributed by atoms with van der Waals surface area (Å²) in [6, 6.07) is 1.93. The molecule has 3 aliphatic rings. The minimum atomic E-state index is -0.475. The zero-order valence-electron chi connectivity index (χ0n) is 14.5. The van der Waals surface area contributed by atoms with Crippen LogP contribution in [0.5, 0.6) is 0 Å². The lowest BCUT2D eigenvalue weighted by atomic mass is 9.87. The van der Waals surface area contributed by atoms with E-state index in [9.17, 15) is 4.79 Å². The van der Waals surface area contributed by atoms with Crippen molar-refractivity contribution < 1.29 is 4.79 Å². The summed E-state index contributed by atoms with van der Waals surface area (Å²) in [5.74, 6) is 0.931. The van der Waals surface area contributed by atoms with E-state index < -0.39 is 5.54 Å². The molecular formula is C18H29N5O. The largest absolute Gasteiger partial charge is 0.340 e. The van der Waals surface area contributed by atoms with E-state index in [4.69, 9.17) is 0 Å². The Morgan fingerprint density at radius 1 is 1.21 bits per heavy atom. The first-order valence-electron chi connectivity index (χ1n) is 9.50. The maximum Gasteiger partial charge on any atom is 0.250 e. The number of carbonyl (C=O) groups excluding carboxylic acids is 1. The Bertz CT molecular complexity index is 546. The molecule has 3 fully saturated rings. The average Bonchev–Trinajstić information content (AvgIpc) is 3.38. The third kappa shape index (κ3) is 2.97. The van der Waals surface area contributed by atoms with Crippen LogP contribution < -0.4 is 5.32 Å². The number of nitrogens with one attached hydrogen (secondary N) is 1. The normalized spacial score (nSPS) is 27.7. The standard InChI is InChI=1S/C18H29N5O/c24-17(18(5-8-19-9-6-18)23-12-3-7-20-23)22-13-4-16(15-22)14-21-10-1-2-11-21/h3,7,12,16,19H,1-2,4-6,8-11,13-15H2. The maximum atomic E-state index is 13.4. The molecule has 0 spiro atoms. The van der Waals surface area contributed by atoms with Gasteiger partial charge in [-0.15, -0.1) is 0 Å². The van der Waals surface area contributed by atoms with Crippen molar-refractivity contribution in [3.05, 3.63) is 18.5 Å². The smallest absolute Gasteiger partial charge is 0.250 e. The first-order valence-corrected chi connectivity index (χ1v) is 9.50. The number of piperidine rings is 1. The lowest BCUT2D eigenvalue weighted by Gasteiger charge is -2.39. The highest BCUT2D eigenvalue weighted by atomic mass is 16.2. The van der Waals surface area contributed by atoms with Crippen LogP contribution in [0.15, 0.2) is 18.5 Å². The monoisotopic (exact) mass is 331 g/mol. The molecule has 0 radical (unpaired) electrons. The van der Waals surface area contributed by atoms with Gasteiger partial charge in [-0.05, 0) is 70.3 Å². The highest BCUT2D eigenvalue weighted by Crippen LogP contribution is 2.32. The zero-order chi connectivity index (χ0) is 16.4. The fourth-order valence-corrected chi connectivity index (χ4v) is 4.69. The highest BCUT2D eigenvalue weighted by molar-refractivity contribution is 5.85. The zero-order valence-corrected chi connectivity index (χ0v) is 14.5. The van der Waals surface area contributed by atoms with E-state index in [0.717, 1.165) is 45.4 Å². The molecular weight excluding hydrogens is 302 g/mol. The van der Waals surface area contributed by atoms with Crippen molar-refractivity contribution in [2.75, 3.05) is 45.8 Å². The molecule has 4 heterocycles. The minimum absolute atomic E-state index is 0.289. The van der Waals surface area contributed by atoms with Crippen molar-refractivity contribution in [1.29, 1.82) is 0 Å². The molecule has 4 rings (SSSR count). The van der Waals surface area contributed by atoms with Crippen LogP contribution in [-0.2, 0) is 10.3 Å². The third-order valence-corrected chi connectivity index (χ3v) is 6.06. The quantitative estimate of drug-likeness (QED) is 0.891. The second-order valence-corrected chi connectivity index (χ2v) is 7.65. The number of amides is 1. The summed E-state index contributed by atoms with van der Waals surface area (Å²) < 4.78 is 1.92. The lowest BCUT2D eigenvalue weighted by molar-refractivity contribution is -0.142. The number of rotatable bonds is 4. The topological polar surface area (TPSA) is 53.4 Å². The third-order valence-electron chi connectivity index (χ3n) is 6.06. The molecule has 0 saturated carbocycles. The van der Waals surface area contributed by atoms with E-state index in [-0.39, 0.29) is 5.91 Å². The van der Waals surface area contributed by atoms with Gasteiger partial charge in [0, 0.05) is 32.0 Å². The summed E-state index contributed by atoms with van der Waals surface area (Å²) in [5, 5.41) is 7.83. The number of aromatic nitrogens is 2. The SMILES string of the molecule is O=C(N1CCC(CN2CCCC2)C1)C1(n2cccn2)CCNCC1. The summed E-state index contributed by atoms with van der Waals surface area (Å²) in [6.45, 7) is 7.26. The van der Waals surface area contributed by atoms with Gasteiger partial charge in [0.1, 0.15) is 5.54 Å². The van der Waals surface area contributed by atoms with Gasteiger partial charge in [-0.1, -0.05) is 0 Å². The number of nitrogens with zero attached hydrogens (tertiary/aromatic N) is 4. The molecule has 1 aromatic heterocycles. The molecule has 1 atom stereocenters. The Kier molecular flexibility index (Phi) is 4.59. The van der Waals surface area contributed by atoms with Crippen LogP contribution in [0.25, 0.3) is 0 Å². The maximum absolute atomic E-state index is 13.4. The molecule has 0 aromatic carbocycles. The summed E-state index contributed by atoms with van der Waals surface area (Å²) >= 11 is 0. The molecule has 0 bridgehead atoms. The second-order valence-electron chi connectivity index (χ2n) is 7.65. The van der Waals surface area contributed by atoms with E-state index in [1.54, 1.807) is 6.20 Å². The number of likely N-dealkylation sites (tertiary alicyclic amines) is 2. The summed E-state index contributed by atoms with van der Waals surface area (Å²) in [7, 11) is 0. The van der Waals surface area contributed by atoms with Crippen molar-refractivity contribution in [2.45, 2.75) is 37.6 Å². The Balaban J connectivity index is 1.45. The van der Waals surface area contributed by atoms with Crippen molar-refractivity contribution in [1.82, 2.24) is 24.9 Å². The fraction of sp³-hybridized carbons (Fsp3) is 0.778. The van der Waals surface area contributed by atoms with E-state index in [2.05, 4.69) is 20.2 Å². The first kappa shape index (κ1) is 16.1. The Morgan fingerprint density at radius 2 is 2.00 bits per heavy atom. The molecule has 1 aromatic rings. The number of carbonyl (C=O) groups is 1. The number of hydrogen-bond donors (Lipinski definition) is 1. The van der Waals surface area contributed by atoms with Gasteiger partial charge in [-0.3, -0.25) is 9.48 Å². The average molecular weight is 331 g/mol. The van der Waals surface area contributed by atoms with Crippen LogP contribution in [0.3, 0.4) is 0 Å². The minimum Gasteiger partial charge on any atom is -0.340 e. The summed E-state index contributed by atoms with van der Waals surface area (Å²) in [5.41, 5.74) is -0.475. The molecule has 132 valence electrons. The predicted molar refractivity (Wildman–Crippen MR) is 92.7 cm³/mol. The Labute approximate surface area is 144 Å². The van der Waals surface area contributed by atoms with Crippen molar-refractivity contribution in [3.63, 3.8) is 0 Å². The Morgan fingerprint density at radius 3 is 2.71 bits per heavy atom. The molecule has 1 N–H and O–H groups in total. The van der Waals surface area contributed by atoms with Gasteiger partial charge < -0.3 is 15.1 Å². The van der Waals surface area contributed by atoms with E-state index in [0.29, 0.717) is 5.92 Å². The van der Waals surface area contributed by atoms with Crippen LogP contribution in [0, 0.1) is 5.92 Å². The van der Waals surface area contributed by atoms with Gasteiger partial charge in [0.2, 0.25) is 0 Å². The fourth-order valence-electron chi connectivity index (χ4n) is 4.69. The molecule has 24 heavy (non-hydrogen) atoms. The highest BCUT2D eigenvalue weighted by Gasteiger charge is 2.45. The van der Waals surface area contributed by atoms with Crippen LogP contribution in [-0.4, -0.2) is 71.3 Å². The van der Waals surface area contributed by atoms with Crippen molar-refractivity contribution >= 4 is 5.91 Å². The van der Waals surface area contributed by atoms with Crippen molar-refractivity contribution in [3.8, 4) is 0 Å². The number of hydrogen-bond acceptors (Lipinski definition) is 4. The van der Waals surface area contributed by atoms with Gasteiger partial charge >= 0.3 is 0 Å². The van der Waals surface area contributed by atoms with Gasteiger partial charge in [0.25, 0.3) is 5.91 Å². The molecule has 3 saturated heterocycles. The van der Waals surface area contributed by atoms with E-state index >= 15 is 0 Å². The van der Waals surface area contributed by atoms with Gasteiger partial charge in [0.05, 0.1) is 0 Å². The summed E-state index contributed by atoms with van der Waals surface area (Å²) in [6.07, 6.45) is 9.24. The van der Waals surface area contributed by atoms with Crippen LogP contribution in [0.1, 0.15) is 32.1 Å². The first-order chi connectivity index (χ1) is 11.8. The van der Waals surface area contributed by atoms with Crippen LogP contribution in [0.2, 0.25) is 0 Å². The molecule has 3 aliphatic heterocycles. The molecule has 6 heteroatoms. The molecule has 6 nitrogen and oxygen atoms in total. The second kappa shape index (κ2) is 6.84. The summed E-state index contributed by atoms with van der Waals surface area (Å²) in [4.78, 5) is 18.1. The van der Waals surface area contributed by atoms with Crippen LogP contribution in [0.4, 0.5) is 0 Å².